The lowest BCUT2D eigenvalue weighted by atomic mass is 10.0. The third-order valence-electron chi connectivity index (χ3n) is 9.68. The van der Waals surface area contributed by atoms with Gasteiger partial charge in [-0.15, -0.1) is 0 Å². The highest BCUT2D eigenvalue weighted by Gasteiger charge is 2.37. The molecule has 4 aromatic carbocycles. The Bertz CT molecular complexity index is 2270. The Morgan fingerprint density at radius 2 is 1.66 bits per heavy atom. The summed E-state index contributed by atoms with van der Waals surface area (Å²) in [6.07, 6.45) is 4.23. The van der Waals surface area contributed by atoms with E-state index in [2.05, 4.69) is 32.8 Å². The molecule has 5 rings (SSSR count). The van der Waals surface area contributed by atoms with Crippen molar-refractivity contribution in [1.29, 1.82) is 0 Å². The number of anilines is 1. The number of aliphatic imine (C=N–C) groups is 1. The first-order valence-electron chi connectivity index (χ1n) is 19.7. The number of nitrogens with zero attached hydrogens (tertiary/aromatic N) is 3. The van der Waals surface area contributed by atoms with Crippen LogP contribution in [0.15, 0.2) is 114 Å². The van der Waals surface area contributed by atoms with E-state index in [1.54, 1.807) is 36.4 Å². The summed E-state index contributed by atoms with van der Waals surface area (Å²) in [5.74, 6) is 3.91. The van der Waals surface area contributed by atoms with Gasteiger partial charge in [-0.2, -0.15) is 0 Å². The maximum absolute atomic E-state index is 14.1. The molecule has 3 amide bonds. The minimum atomic E-state index is -1.08. The zero-order valence-corrected chi connectivity index (χ0v) is 33.4. The van der Waals surface area contributed by atoms with Crippen molar-refractivity contribution < 1.29 is 33.9 Å². The molecule has 0 spiro atoms. The molecule has 0 radical (unpaired) electrons. The Labute approximate surface area is 353 Å². The number of hydrogen-bond acceptors (Lipinski definition) is 10. The fourth-order valence-electron chi connectivity index (χ4n) is 6.52. The number of phenolic OH excluding ortho intramolecular Hbond substituents is 1. The van der Waals surface area contributed by atoms with E-state index in [0.717, 1.165) is 11.1 Å². The van der Waals surface area contributed by atoms with Gasteiger partial charge in [-0.1, -0.05) is 72.5 Å². The summed E-state index contributed by atoms with van der Waals surface area (Å²) in [6, 6.07) is 26.5. The molecular formula is C45H48N8O8. The molecule has 0 saturated carbocycles. The van der Waals surface area contributed by atoms with Gasteiger partial charge < -0.3 is 37.3 Å². The number of guanidine groups is 1. The predicted molar refractivity (Wildman–Crippen MR) is 231 cm³/mol. The highest BCUT2D eigenvalue weighted by atomic mass is 16.6. The number of rotatable bonds is 18. The number of likely N-dealkylation sites (tertiary alicyclic amines) is 1. The highest BCUT2D eigenvalue weighted by Crippen LogP contribution is 2.26. The summed E-state index contributed by atoms with van der Waals surface area (Å²) in [5.41, 5.74) is 14.0. The second kappa shape index (κ2) is 22.5. The minimum Gasteiger partial charge on any atom is -0.502 e. The average molecular weight is 829 g/mol. The Morgan fingerprint density at radius 3 is 2.33 bits per heavy atom. The second-order valence-electron chi connectivity index (χ2n) is 14.2. The molecule has 4 aromatic rings. The van der Waals surface area contributed by atoms with Crippen LogP contribution in [0.5, 0.6) is 5.75 Å². The molecule has 1 fully saturated rings. The SMILES string of the molecule is NC(N)=NCCC[C@H](NC(=O)[C@H](Cc1ccccc1)NC(=O)[C@@H]1CCCN1C(=O)OCc1ccccc1)C(=O)CNc1ccc(C#C/C=C/c2ccc([N+](=O)[O-])c(O)c2)cc1. The lowest BCUT2D eigenvalue weighted by molar-refractivity contribution is -0.385. The Hall–Kier alpha value is -7.67. The van der Waals surface area contributed by atoms with Crippen LogP contribution in [0.2, 0.25) is 0 Å². The van der Waals surface area contributed by atoms with Gasteiger partial charge in [-0.25, -0.2) is 4.79 Å². The van der Waals surface area contributed by atoms with Crippen molar-refractivity contribution in [1.82, 2.24) is 15.5 Å². The molecule has 0 unspecified atom stereocenters. The molecule has 1 heterocycles. The number of benzene rings is 4. The van der Waals surface area contributed by atoms with Crippen molar-refractivity contribution >= 4 is 47.1 Å². The van der Waals surface area contributed by atoms with Gasteiger partial charge in [-0.05, 0) is 90.9 Å². The smallest absolute Gasteiger partial charge is 0.410 e. The first-order chi connectivity index (χ1) is 29.5. The third kappa shape index (κ3) is 14.0. The molecule has 1 aliphatic heterocycles. The Balaban J connectivity index is 1.22. The summed E-state index contributed by atoms with van der Waals surface area (Å²) in [6.45, 7) is 0.470. The van der Waals surface area contributed by atoms with E-state index < -0.39 is 46.7 Å². The topological polar surface area (TPSA) is 245 Å². The third-order valence-corrected chi connectivity index (χ3v) is 9.68. The number of amides is 3. The zero-order chi connectivity index (χ0) is 43.6. The quantitative estimate of drug-likeness (QED) is 0.0205. The van der Waals surface area contributed by atoms with Crippen LogP contribution in [0, 0.1) is 22.0 Å². The maximum Gasteiger partial charge on any atom is 0.410 e. The average Bonchev–Trinajstić information content (AvgIpc) is 3.76. The van der Waals surface area contributed by atoms with Crippen molar-refractivity contribution in [2.45, 2.75) is 56.8 Å². The van der Waals surface area contributed by atoms with Crippen LogP contribution in [0.1, 0.15) is 47.9 Å². The molecule has 0 aromatic heterocycles. The van der Waals surface area contributed by atoms with Crippen molar-refractivity contribution in [3.05, 3.63) is 142 Å². The lowest BCUT2D eigenvalue weighted by Crippen LogP contribution is -2.56. The van der Waals surface area contributed by atoms with E-state index in [1.165, 1.54) is 23.1 Å². The van der Waals surface area contributed by atoms with Crippen LogP contribution >= 0.6 is 0 Å². The molecule has 8 N–H and O–H groups in total. The van der Waals surface area contributed by atoms with E-state index in [-0.39, 0.29) is 50.0 Å². The van der Waals surface area contributed by atoms with Gasteiger partial charge in [0.25, 0.3) is 0 Å². The fraction of sp³-hybridized carbons (Fsp3) is 0.267. The molecule has 0 bridgehead atoms. The highest BCUT2D eigenvalue weighted by molar-refractivity contribution is 5.95. The number of nitrogens with one attached hydrogen (secondary N) is 3. The van der Waals surface area contributed by atoms with Crippen LogP contribution in [0.3, 0.4) is 0 Å². The predicted octanol–water partition coefficient (Wildman–Crippen LogP) is 4.41. The molecule has 0 aliphatic carbocycles. The molecule has 1 aliphatic rings. The molecule has 1 saturated heterocycles. The zero-order valence-electron chi connectivity index (χ0n) is 33.4. The van der Waals surface area contributed by atoms with Gasteiger partial charge in [-0.3, -0.25) is 34.4 Å². The second-order valence-corrected chi connectivity index (χ2v) is 14.2. The van der Waals surface area contributed by atoms with Gasteiger partial charge in [0.1, 0.15) is 18.7 Å². The van der Waals surface area contributed by atoms with Gasteiger partial charge in [0.05, 0.1) is 17.5 Å². The number of carbonyl (C=O) groups excluding carboxylic acids is 4. The van der Waals surface area contributed by atoms with Gasteiger partial charge in [0.15, 0.2) is 17.5 Å². The summed E-state index contributed by atoms with van der Waals surface area (Å²) in [5, 5.41) is 29.6. The normalized spacial score (nSPS) is 14.2. The maximum atomic E-state index is 14.1. The number of nitrogens with two attached hydrogens (primary N) is 2. The van der Waals surface area contributed by atoms with Gasteiger partial charge in [0.2, 0.25) is 11.8 Å². The molecule has 3 atom stereocenters. The molecular weight excluding hydrogens is 781 g/mol. The first kappa shape index (κ1) is 44.4. The van der Waals surface area contributed by atoms with Gasteiger partial charge in [0, 0.05) is 36.8 Å². The monoisotopic (exact) mass is 828 g/mol. The number of Topliss-reactive ketones (excluding diaryl/α,β-unsaturated/α-hetero) is 1. The number of nitro benzene ring substituents is 1. The fourth-order valence-corrected chi connectivity index (χ4v) is 6.52. The number of aromatic hydroxyl groups is 1. The van der Waals surface area contributed by atoms with Crippen LogP contribution in [0.25, 0.3) is 6.08 Å². The summed E-state index contributed by atoms with van der Waals surface area (Å²) in [7, 11) is 0. The van der Waals surface area contributed by atoms with E-state index in [9.17, 15) is 34.4 Å². The number of ether oxygens (including phenoxy) is 1. The lowest BCUT2D eigenvalue weighted by Gasteiger charge is -2.27. The van der Waals surface area contributed by atoms with Crippen LogP contribution in [-0.2, 0) is 32.1 Å². The van der Waals surface area contributed by atoms with Crippen molar-refractivity contribution in [2.24, 2.45) is 16.5 Å². The van der Waals surface area contributed by atoms with Crippen molar-refractivity contribution in [2.75, 3.05) is 25.0 Å². The Morgan fingerprint density at radius 1 is 0.951 bits per heavy atom. The summed E-state index contributed by atoms with van der Waals surface area (Å²) < 4.78 is 5.52. The van der Waals surface area contributed by atoms with Crippen LogP contribution < -0.4 is 27.4 Å². The Kier molecular flexibility index (Phi) is 16.4. The van der Waals surface area contributed by atoms with Crippen molar-refractivity contribution in [3.63, 3.8) is 0 Å². The van der Waals surface area contributed by atoms with E-state index in [1.807, 2.05) is 60.7 Å². The molecule has 16 nitrogen and oxygen atoms in total. The molecule has 16 heteroatoms. The molecule has 61 heavy (non-hydrogen) atoms. The largest absolute Gasteiger partial charge is 0.502 e. The number of allylic oxidation sites excluding steroid dienone is 1. The van der Waals surface area contributed by atoms with E-state index in [0.29, 0.717) is 42.6 Å². The summed E-state index contributed by atoms with van der Waals surface area (Å²) in [4.78, 5) is 70.3. The van der Waals surface area contributed by atoms with Crippen molar-refractivity contribution in [3.8, 4) is 17.6 Å². The molecule has 316 valence electrons. The first-order valence-corrected chi connectivity index (χ1v) is 19.7. The van der Waals surface area contributed by atoms with E-state index >= 15 is 0 Å². The number of carbonyl (C=O) groups is 4. The number of phenols is 1. The minimum absolute atomic E-state index is 0.0535. The number of nitro groups is 1. The van der Waals surface area contributed by atoms with Gasteiger partial charge >= 0.3 is 11.8 Å². The standard InChI is InChI=1S/C45H48N8O8/c46-44(47)48-25-9-17-36(41(55)29-49-35-22-19-31(20-23-35)11-7-8-14-33-21-24-38(53(59)60)40(54)28-33)50-42(56)37(27-32-12-3-1-4-13-32)51-43(57)39-18-10-26-52(39)45(58)61-30-34-15-5-2-6-16-34/h1-6,8,12-16,19-24,28,36-37,39,49,54H,9-10,17-18,25-27,29-30H2,(H,50,56)(H,51,57)(H4,46,47,48)/b14-8+/t36-,37-,39-/m0/s1. The van der Waals surface area contributed by atoms with Crippen LogP contribution in [-0.4, -0.2) is 82.3 Å². The van der Waals surface area contributed by atoms with E-state index in [4.69, 9.17) is 16.2 Å². The summed E-state index contributed by atoms with van der Waals surface area (Å²) >= 11 is 0. The van der Waals surface area contributed by atoms with Crippen LogP contribution in [0.4, 0.5) is 16.2 Å². The number of ketones is 1. The number of hydrogen-bond donors (Lipinski definition) is 6.